The number of methoxy groups -OCH3 is 1. The number of fused-ring (bicyclic) bond motifs is 1. The number of piperidine rings is 1. The van der Waals surface area contributed by atoms with Crippen LogP contribution in [0.4, 0.5) is 0 Å². The molecule has 160 valence electrons. The van der Waals surface area contributed by atoms with Gasteiger partial charge in [0.1, 0.15) is 0 Å². The van der Waals surface area contributed by atoms with Crippen molar-refractivity contribution in [3.05, 3.63) is 23.8 Å². The molecule has 0 aromatic heterocycles. The van der Waals surface area contributed by atoms with Gasteiger partial charge in [0.05, 0.1) is 11.9 Å². The third kappa shape index (κ3) is 5.17. The second-order valence-corrected chi connectivity index (χ2v) is 9.08. The molecule has 0 spiro atoms. The van der Waals surface area contributed by atoms with E-state index in [1.807, 2.05) is 0 Å². The minimum absolute atomic E-state index is 0.122. The Balaban J connectivity index is 1.47. The first kappa shape index (κ1) is 21.3. The second-order valence-electron chi connectivity index (χ2n) is 7.10. The van der Waals surface area contributed by atoms with Crippen LogP contribution < -0.4 is 20.1 Å². The summed E-state index contributed by atoms with van der Waals surface area (Å²) in [6.07, 6.45) is 2.02. The fourth-order valence-electron chi connectivity index (χ4n) is 3.31. The van der Waals surface area contributed by atoms with Crippen LogP contribution >= 0.6 is 0 Å². The van der Waals surface area contributed by atoms with E-state index in [4.69, 9.17) is 14.2 Å². The van der Waals surface area contributed by atoms with E-state index >= 15 is 0 Å². The van der Waals surface area contributed by atoms with Crippen molar-refractivity contribution >= 4 is 21.8 Å². The Kier molecular flexibility index (Phi) is 6.30. The fourth-order valence-corrected chi connectivity index (χ4v) is 4.16. The maximum absolute atomic E-state index is 12.1. The molecule has 1 aromatic rings. The van der Waals surface area contributed by atoms with Gasteiger partial charge in [0, 0.05) is 33.3 Å². The fraction of sp³-hybridized carbons (Fsp3) is 0.556. The van der Waals surface area contributed by atoms with E-state index in [1.54, 1.807) is 18.2 Å². The van der Waals surface area contributed by atoms with Crippen molar-refractivity contribution < 1.29 is 32.2 Å². The van der Waals surface area contributed by atoms with Crippen molar-refractivity contribution in [3.63, 3.8) is 0 Å². The van der Waals surface area contributed by atoms with Gasteiger partial charge in [0.15, 0.2) is 11.5 Å². The predicted octanol–water partition coefficient (Wildman–Crippen LogP) is -0.412. The summed E-state index contributed by atoms with van der Waals surface area (Å²) in [4.78, 5) is 24.2. The smallest absolute Gasteiger partial charge is 0.309 e. The van der Waals surface area contributed by atoms with Crippen LogP contribution in [0.5, 0.6) is 11.5 Å². The highest BCUT2D eigenvalue weighted by molar-refractivity contribution is 7.88. The van der Waals surface area contributed by atoms with Gasteiger partial charge in [-0.05, 0) is 30.5 Å². The number of rotatable bonds is 6. The molecule has 0 unspecified atom stereocenters. The summed E-state index contributed by atoms with van der Waals surface area (Å²) in [5.74, 6) is -0.288. The molecule has 0 atom stereocenters. The summed E-state index contributed by atoms with van der Waals surface area (Å²) < 4.78 is 40.7. The van der Waals surface area contributed by atoms with Crippen LogP contribution in [-0.2, 0) is 30.9 Å². The van der Waals surface area contributed by atoms with Crippen molar-refractivity contribution in [3.8, 4) is 11.5 Å². The van der Waals surface area contributed by atoms with Gasteiger partial charge < -0.3 is 24.8 Å². The number of hydrogen-bond acceptors (Lipinski definition) is 7. The average molecular weight is 427 g/mol. The number of benzene rings is 1. The molecule has 2 heterocycles. The molecule has 1 aromatic carbocycles. The first-order chi connectivity index (χ1) is 13.7. The summed E-state index contributed by atoms with van der Waals surface area (Å²) in [5.41, 5.74) is 0.0750. The maximum atomic E-state index is 12.1. The highest BCUT2D eigenvalue weighted by Gasteiger charge is 2.37. The lowest BCUT2D eigenvalue weighted by Crippen LogP contribution is -2.54. The SMILES string of the molecule is COC1(CNC(=O)C(=O)NCc2ccc3c(c2)OCO3)CCN(S(C)(=O)=O)CC1. The van der Waals surface area contributed by atoms with E-state index in [0.29, 0.717) is 37.4 Å². The zero-order valence-corrected chi connectivity index (χ0v) is 17.2. The summed E-state index contributed by atoms with van der Waals surface area (Å²) in [5, 5.41) is 5.15. The van der Waals surface area contributed by atoms with E-state index in [9.17, 15) is 18.0 Å². The molecular weight excluding hydrogens is 402 g/mol. The Labute approximate surface area is 169 Å². The lowest BCUT2D eigenvalue weighted by atomic mass is 9.92. The molecule has 2 aliphatic rings. The molecule has 10 nitrogen and oxygen atoms in total. The number of amides is 2. The number of carbonyl (C=O) groups is 2. The van der Waals surface area contributed by atoms with E-state index in [1.165, 1.54) is 17.7 Å². The van der Waals surface area contributed by atoms with Crippen LogP contribution in [0, 0.1) is 0 Å². The third-order valence-corrected chi connectivity index (χ3v) is 6.51. The van der Waals surface area contributed by atoms with Crippen LogP contribution in [0.1, 0.15) is 18.4 Å². The predicted molar refractivity (Wildman–Crippen MR) is 103 cm³/mol. The van der Waals surface area contributed by atoms with Crippen LogP contribution in [0.2, 0.25) is 0 Å². The Morgan fingerprint density at radius 2 is 1.79 bits per heavy atom. The van der Waals surface area contributed by atoms with Crippen LogP contribution in [-0.4, -0.2) is 69.9 Å². The van der Waals surface area contributed by atoms with Gasteiger partial charge in [-0.3, -0.25) is 9.59 Å². The van der Waals surface area contributed by atoms with Gasteiger partial charge in [-0.25, -0.2) is 12.7 Å². The van der Waals surface area contributed by atoms with Crippen molar-refractivity contribution in [1.29, 1.82) is 0 Å². The van der Waals surface area contributed by atoms with E-state index in [-0.39, 0.29) is 19.9 Å². The quantitative estimate of drug-likeness (QED) is 0.592. The molecule has 2 N–H and O–H groups in total. The van der Waals surface area contributed by atoms with Crippen molar-refractivity contribution in [1.82, 2.24) is 14.9 Å². The average Bonchev–Trinajstić information content (AvgIpc) is 3.17. The van der Waals surface area contributed by atoms with Gasteiger partial charge in [0.25, 0.3) is 0 Å². The first-order valence-corrected chi connectivity index (χ1v) is 11.0. The van der Waals surface area contributed by atoms with Crippen LogP contribution in [0.3, 0.4) is 0 Å². The molecule has 0 saturated carbocycles. The number of nitrogens with zero attached hydrogens (tertiary/aromatic N) is 1. The van der Waals surface area contributed by atoms with Crippen molar-refractivity contribution in [2.45, 2.75) is 25.0 Å². The summed E-state index contributed by atoms with van der Waals surface area (Å²) in [6.45, 7) is 1.06. The standard InChI is InChI=1S/C18H25N3O7S/c1-26-18(5-7-21(8-6-18)29(2,24)25)11-20-17(23)16(22)19-10-13-3-4-14-15(9-13)28-12-27-14/h3-4,9H,5-8,10-12H2,1-2H3,(H,19,22)(H,20,23). The third-order valence-electron chi connectivity index (χ3n) is 5.20. The topological polar surface area (TPSA) is 123 Å². The molecule has 2 aliphatic heterocycles. The largest absolute Gasteiger partial charge is 0.454 e. The summed E-state index contributed by atoms with van der Waals surface area (Å²) >= 11 is 0. The summed E-state index contributed by atoms with van der Waals surface area (Å²) in [7, 11) is -1.74. The number of nitrogens with one attached hydrogen (secondary N) is 2. The normalized spacial score (nSPS) is 18.3. The molecule has 11 heteroatoms. The van der Waals surface area contributed by atoms with Gasteiger partial charge in [-0.2, -0.15) is 0 Å². The molecule has 29 heavy (non-hydrogen) atoms. The lowest BCUT2D eigenvalue weighted by Gasteiger charge is -2.39. The highest BCUT2D eigenvalue weighted by atomic mass is 32.2. The zero-order chi connectivity index (χ0) is 21.1. The monoisotopic (exact) mass is 427 g/mol. The number of ether oxygens (including phenoxy) is 3. The minimum Gasteiger partial charge on any atom is -0.454 e. The first-order valence-electron chi connectivity index (χ1n) is 9.17. The zero-order valence-electron chi connectivity index (χ0n) is 16.4. The number of carbonyl (C=O) groups excluding carboxylic acids is 2. The van der Waals surface area contributed by atoms with E-state index < -0.39 is 27.4 Å². The van der Waals surface area contributed by atoms with Crippen molar-refractivity contribution in [2.75, 3.05) is 39.8 Å². The van der Waals surface area contributed by atoms with Gasteiger partial charge in [0.2, 0.25) is 16.8 Å². The van der Waals surface area contributed by atoms with E-state index in [0.717, 1.165) is 5.56 Å². The highest BCUT2D eigenvalue weighted by Crippen LogP contribution is 2.32. The molecule has 2 amide bonds. The molecule has 0 radical (unpaired) electrons. The van der Waals surface area contributed by atoms with E-state index in [2.05, 4.69) is 10.6 Å². The molecule has 1 fully saturated rings. The van der Waals surface area contributed by atoms with Crippen molar-refractivity contribution in [2.24, 2.45) is 0 Å². The number of hydrogen-bond donors (Lipinski definition) is 2. The molecule has 0 bridgehead atoms. The number of sulfonamides is 1. The van der Waals surface area contributed by atoms with Crippen LogP contribution in [0.15, 0.2) is 18.2 Å². The second kappa shape index (κ2) is 8.56. The van der Waals surface area contributed by atoms with Gasteiger partial charge in [-0.1, -0.05) is 6.07 Å². The summed E-state index contributed by atoms with van der Waals surface area (Å²) in [6, 6.07) is 5.27. The Morgan fingerprint density at radius 1 is 1.14 bits per heavy atom. The Bertz CT molecular complexity index is 879. The maximum Gasteiger partial charge on any atom is 0.309 e. The van der Waals surface area contributed by atoms with Gasteiger partial charge >= 0.3 is 11.8 Å². The Morgan fingerprint density at radius 3 is 2.45 bits per heavy atom. The minimum atomic E-state index is -3.26. The molecule has 0 aliphatic carbocycles. The van der Waals surface area contributed by atoms with Crippen LogP contribution in [0.25, 0.3) is 0 Å². The Hall–Kier alpha value is -2.37. The molecule has 1 saturated heterocycles. The molecular formula is C18H25N3O7S. The van der Waals surface area contributed by atoms with Gasteiger partial charge in [-0.15, -0.1) is 0 Å². The lowest BCUT2D eigenvalue weighted by molar-refractivity contribution is -0.140. The molecule has 3 rings (SSSR count).